The van der Waals surface area contributed by atoms with Gasteiger partial charge in [0.2, 0.25) is 10.0 Å². The third kappa shape index (κ3) is 2.96. The van der Waals surface area contributed by atoms with Crippen LogP contribution in [0.5, 0.6) is 0 Å². The zero-order valence-electron chi connectivity index (χ0n) is 10.2. The van der Waals surface area contributed by atoms with Crippen molar-refractivity contribution in [3.05, 3.63) is 28.2 Å². The maximum Gasteiger partial charge on any atom is 0.246 e. The highest BCUT2D eigenvalue weighted by molar-refractivity contribution is 9.10. The van der Waals surface area contributed by atoms with E-state index in [9.17, 15) is 17.2 Å². The van der Waals surface area contributed by atoms with Crippen molar-refractivity contribution in [2.24, 2.45) is 0 Å². The fourth-order valence-electron chi connectivity index (χ4n) is 1.96. The van der Waals surface area contributed by atoms with E-state index in [1.165, 1.54) is 4.31 Å². The van der Waals surface area contributed by atoms with Crippen LogP contribution in [0.25, 0.3) is 0 Å². The van der Waals surface area contributed by atoms with Crippen molar-refractivity contribution in [2.45, 2.75) is 17.9 Å². The van der Waals surface area contributed by atoms with E-state index in [-0.39, 0.29) is 23.6 Å². The Kier molecular flexibility index (Phi) is 4.24. The summed E-state index contributed by atoms with van der Waals surface area (Å²) >= 11 is 2.87. The normalized spacial score (nSPS) is 21.6. The molecular weight excluding hydrogens is 342 g/mol. The first-order chi connectivity index (χ1) is 8.82. The quantitative estimate of drug-likeness (QED) is 0.822. The number of halogens is 3. The van der Waals surface area contributed by atoms with Gasteiger partial charge in [0.05, 0.1) is 4.47 Å². The maximum atomic E-state index is 13.7. The molecule has 0 bridgehead atoms. The summed E-state index contributed by atoms with van der Waals surface area (Å²) in [7, 11) is -3.94. The molecule has 0 amide bonds. The molecule has 8 heteroatoms. The van der Waals surface area contributed by atoms with Gasteiger partial charge in [0.1, 0.15) is 16.5 Å². The monoisotopic (exact) mass is 354 g/mol. The third-order valence-corrected chi connectivity index (χ3v) is 5.41. The lowest BCUT2D eigenvalue weighted by molar-refractivity contribution is 0.309. The Morgan fingerprint density at radius 3 is 2.68 bits per heavy atom. The summed E-state index contributed by atoms with van der Waals surface area (Å²) < 4.78 is 52.6. The Bertz CT molecular complexity index is 595. The summed E-state index contributed by atoms with van der Waals surface area (Å²) in [6.45, 7) is 2.88. The summed E-state index contributed by atoms with van der Waals surface area (Å²) in [5.41, 5.74) is 0. The second-order valence-electron chi connectivity index (χ2n) is 4.41. The molecule has 4 nitrogen and oxygen atoms in total. The predicted octanol–water partition coefficient (Wildman–Crippen LogP) is 1.71. The molecule has 2 rings (SSSR count). The van der Waals surface area contributed by atoms with Crippen LogP contribution in [0.2, 0.25) is 0 Å². The number of hydrogen-bond acceptors (Lipinski definition) is 3. The Labute approximate surface area is 119 Å². The molecule has 0 unspecified atom stereocenters. The van der Waals surface area contributed by atoms with Gasteiger partial charge in [-0.05, 0) is 28.9 Å². The minimum absolute atomic E-state index is 0.00419. The summed E-state index contributed by atoms with van der Waals surface area (Å²) in [6.07, 6.45) is 0. The molecule has 1 heterocycles. The molecule has 0 aliphatic carbocycles. The van der Waals surface area contributed by atoms with Crippen LogP contribution < -0.4 is 5.32 Å². The lowest BCUT2D eigenvalue weighted by atomic mass is 10.3. The van der Waals surface area contributed by atoms with Crippen molar-refractivity contribution in [3.8, 4) is 0 Å². The van der Waals surface area contributed by atoms with Gasteiger partial charge in [0, 0.05) is 31.7 Å². The van der Waals surface area contributed by atoms with Crippen molar-refractivity contribution in [2.75, 3.05) is 19.6 Å². The van der Waals surface area contributed by atoms with Crippen molar-refractivity contribution < 1.29 is 17.2 Å². The van der Waals surface area contributed by atoms with Gasteiger partial charge in [0.25, 0.3) is 0 Å². The van der Waals surface area contributed by atoms with E-state index >= 15 is 0 Å². The average Bonchev–Trinajstić information content (AvgIpc) is 2.33. The molecule has 1 saturated heterocycles. The molecule has 0 saturated carbocycles. The molecule has 0 radical (unpaired) electrons. The molecule has 1 N–H and O–H groups in total. The standard InChI is InChI=1S/C11H13BrF2N2O2S/c1-7-6-16(3-2-15-7)19(17,18)11-4-8(12)9(13)5-10(11)14/h4-5,7,15H,2-3,6H2,1H3/t7-/m0/s1. The molecule has 106 valence electrons. The van der Waals surface area contributed by atoms with Crippen LogP contribution >= 0.6 is 15.9 Å². The zero-order valence-corrected chi connectivity index (χ0v) is 12.6. The molecule has 1 aliphatic heterocycles. The number of piperazine rings is 1. The molecule has 0 spiro atoms. The van der Waals surface area contributed by atoms with Crippen LogP contribution in [0.1, 0.15) is 6.92 Å². The van der Waals surface area contributed by atoms with E-state index in [4.69, 9.17) is 0 Å². The van der Waals surface area contributed by atoms with Crippen LogP contribution in [-0.4, -0.2) is 38.4 Å². The summed E-state index contributed by atoms with van der Waals surface area (Å²) in [6, 6.07) is 1.53. The van der Waals surface area contributed by atoms with Crippen LogP contribution in [0.3, 0.4) is 0 Å². The van der Waals surface area contributed by atoms with Crippen LogP contribution in [0.4, 0.5) is 8.78 Å². The van der Waals surface area contributed by atoms with Gasteiger partial charge in [-0.3, -0.25) is 0 Å². The summed E-state index contributed by atoms with van der Waals surface area (Å²) in [4.78, 5) is -0.505. The van der Waals surface area contributed by atoms with Crippen LogP contribution in [0, 0.1) is 11.6 Å². The van der Waals surface area contributed by atoms with Gasteiger partial charge in [-0.25, -0.2) is 17.2 Å². The van der Waals surface area contributed by atoms with Gasteiger partial charge in [-0.1, -0.05) is 0 Å². The smallest absolute Gasteiger partial charge is 0.246 e. The van der Waals surface area contributed by atoms with E-state index in [2.05, 4.69) is 21.2 Å². The Balaban J connectivity index is 2.42. The molecule has 1 aliphatic rings. The first-order valence-electron chi connectivity index (χ1n) is 5.70. The van der Waals surface area contributed by atoms with Crippen molar-refractivity contribution in [1.29, 1.82) is 0 Å². The molecule has 0 aromatic heterocycles. The van der Waals surface area contributed by atoms with Gasteiger partial charge < -0.3 is 5.32 Å². The fourth-order valence-corrected chi connectivity index (χ4v) is 4.05. The number of rotatable bonds is 2. The van der Waals surface area contributed by atoms with Gasteiger partial charge in [-0.2, -0.15) is 4.31 Å². The largest absolute Gasteiger partial charge is 0.312 e. The zero-order chi connectivity index (χ0) is 14.2. The van der Waals surface area contributed by atoms with Gasteiger partial charge in [0.15, 0.2) is 0 Å². The highest BCUT2D eigenvalue weighted by Gasteiger charge is 2.31. The minimum Gasteiger partial charge on any atom is -0.312 e. The maximum absolute atomic E-state index is 13.7. The molecule has 1 aromatic rings. The average molecular weight is 355 g/mol. The van der Waals surface area contributed by atoms with Crippen molar-refractivity contribution in [3.63, 3.8) is 0 Å². The minimum atomic E-state index is -3.94. The number of nitrogens with zero attached hydrogens (tertiary/aromatic N) is 1. The molecule has 1 atom stereocenters. The number of nitrogens with one attached hydrogen (secondary N) is 1. The van der Waals surface area contributed by atoms with Gasteiger partial charge in [-0.15, -0.1) is 0 Å². The topological polar surface area (TPSA) is 49.4 Å². The Morgan fingerprint density at radius 1 is 1.37 bits per heavy atom. The second kappa shape index (κ2) is 5.43. The van der Waals surface area contributed by atoms with E-state index in [1.54, 1.807) is 0 Å². The number of hydrogen-bond donors (Lipinski definition) is 1. The van der Waals surface area contributed by atoms with Crippen molar-refractivity contribution >= 4 is 26.0 Å². The SMILES string of the molecule is C[C@H]1CN(S(=O)(=O)c2cc(Br)c(F)cc2F)CCN1. The summed E-state index contributed by atoms with van der Waals surface area (Å²) in [5, 5.41) is 3.10. The van der Waals surface area contributed by atoms with E-state index in [0.29, 0.717) is 12.6 Å². The number of sulfonamides is 1. The van der Waals surface area contributed by atoms with Crippen LogP contribution in [-0.2, 0) is 10.0 Å². The van der Waals surface area contributed by atoms with Crippen LogP contribution in [0.15, 0.2) is 21.5 Å². The highest BCUT2D eigenvalue weighted by atomic mass is 79.9. The first-order valence-corrected chi connectivity index (χ1v) is 7.94. The predicted molar refractivity (Wildman–Crippen MR) is 70.3 cm³/mol. The summed E-state index contributed by atoms with van der Waals surface area (Å²) in [5.74, 6) is -1.91. The first kappa shape index (κ1) is 14.8. The highest BCUT2D eigenvalue weighted by Crippen LogP contribution is 2.26. The molecule has 1 fully saturated rings. The fraction of sp³-hybridized carbons (Fsp3) is 0.455. The van der Waals surface area contributed by atoms with Gasteiger partial charge >= 0.3 is 0 Å². The second-order valence-corrected chi connectivity index (χ2v) is 7.18. The Morgan fingerprint density at radius 2 is 2.05 bits per heavy atom. The molecular formula is C11H13BrF2N2O2S. The van der Waals surface area contributed by atoms with E-state index in [0.717, 1.165) is 6.07 Å². The lowest BCUT2D eigenvalue weighted by Crippen LogP contribution is -2.51. The van der Waals surface area contributed by atoms with E-state index < -0.39 is 26.6 Å². The molecule has 1 aromatic carbocycles. The van der Waals surface area contributed by atoms with E-state index in [1.807, 2.05) is 6.92 Å². The lowest BCUT2D eigenvalue weighted by Gasteiger charge is -2.31. The Hall–Kier alpha value is -0.570. The third-order valence-electron chi connectivity index (χ3n) is 2.92. The van der Waals surface area contributed by atoms with Crippen molar-refractivity contribution in [1.82, 2.24) is 9.62 Å². The molecule has 19 heavy (non-hydrogen) atoms. The number of benzene rings is 1.